The van der Waals surface area contributed by atoms with Crippen molar-refractivity contribution in [2.24, 2.45) is 5.92 Å². The average Bonchev–Trinajstić information content (AvgIpc) is 3.25. The number of likely N-dealkylation sites (tertiary alicyclic amines) is 1. The Labute approximate surface area is 230 Å². The Morgan fingerprint density at radius 2 is 1.68 bits per heavy atom. The van der Waals surface area contributed by atoms with E-state index in [9.17, 15) is 44.3 Å². The van der Waals surface area contributed by atoms with E-state index >= 15 is 0 Å². The van der Waals surface area contributed by atoms with Gasteiger partial charge in [-0.1, -0.05) is 0 Å². The number of carbonyl (C=O) groups is 3. The zero-order valence-electron chi connectivity index (χ0n) is 21.6. The van der Waals surface area contributed by atoms with Crippen molar-refractivity contribution in [3.05, 3.63) is 35.0 Å². The molecule has 1 aromatic carbocycles. The van der Waals surface area contributed by atoms with Gasteiger partial charge in [-0.05, 0) is 49.4 Å². The first-order valence-electron chi connectivity index (χ1n) is 12.4. The van der Waals surface area contributed by atoms with Crippen LogP contribution in [-0.4, -0.2) is 84.6 Å². The first kappa shape index (κ1) is 32.2. The number of ether oxygens (including phenoxy) is 1. The van der Waals surface area contributed by atoms with Gasteiger partial charge in [0.25, 0.3) is 5.91 Å². The zero-order valence-corrected chi connectivity index (χ0v) is 22.5. The summed E-state index contributed by atoms with van der Waals surface area (Å²) in [6, 6.07) is 5.00. The van der Waals surface area contributed by atoms with Crippen LogP contribution >= 0.6 is 0 Å². The third kappa shape index (κ3) is 7.49. The number of aromatic nitrogens is 1. The molecule has 0 spiro atoms. The van der Waals surface area contributed by atoms with Crippen molar-refractivity contribution in [3.8, 4) is 0 Å². The van der Waals surface area contributed by atoms with Crippen molar-refractivity contribution in [2.75, 3.05) is 32.0 Å². The zero-order chi connectivity index (χ0) is 30.8. The van der Waals surface area contributed by atoms with Crippen LogP contribution in [0.4, 0.5) is 26.3 Å². The SMILES string of the molecule is CCS(=O)(=O)n1c2c(c3cc(C(=O)N4CCC(COC(=O)C(F)(F)F)CC4)ccc31)CNCC2.O=C(O)C(F)(F)F. The summed E-state index contributed by atoms with van der Waals surface area (Å²) in [4.78, 5) is 34.5. The lowest BCUT2D eigenvalue weighted by Gasteiger charge is -2.31. The number of fused-ring (bicyclic) bond motifs is 3. The predicted molar refractivity (Wildman–Crippen MR) is 132 cm³/mol. The van der Waals surface area contributed by atoms with Crippen LogP contribution in [0, 0.1) is 5.92 Å². The number of hydrogen-bond acceptors (Lipinski definition) is 7. The highest BCUT2D eigenvalue weighted by Gasteiger charge is 2.41. The maximum atomic E-state index is 13.1. The van der Waals surface area contributed by atoms with Crippen LogP contribution in [0.5, 0.6) is 0 Å². The van der Waals surface area contributed by atoms with E-state index in [0.29, 0.717) is 56.5 Å². The summed E-state index contributed by atoms with van der Waals surface area (Å²) < 4.78 is 99.9. The molecule has 4 rings (SSSR count). The molecule has 3 heterocycles. The largest absolute Gasteiger partial charge is 0.490 e. The first-order valence-corrected chi connectivity index (χ1v) is 14.0. The fourth-order valence-electron chi connectivity index (χ4n) is 4.59. The third-order valence-electron chi connectivity index (χ3n) is 6.69. The van der Waals surface area contributed by atoms with Gasteiger partial charge < -0.3 is 20.1 Å². The highest BCUT2D eigenvalue weighted by atomic mass is 32.2. The van der Waals surface area contributed by atoms with Gasteiger partial charge in [-0.3, -0.25) is 4.79 Å². The second-order valence-electron chi connectivity index (χ2n) is 9.38. The van der Waals surface area contributed by atoms with Gasteiger partial charge in [-0.2, -0.15) is 26.3 Å². The molecule has 0 aliphatic carbocycles. The summed E-state index contributed by atoms with van der Waals surface area (Å²) in [5, 5.41) is 11.1. The van der Waals surface area contributed by atoms with Crippen LogP contribution in [0.2, 0.25) is 0 Å². The second-order valence-corrected chi connectivity index (χ2v) is 11.5. The minimum Gasteiger partial charge on any atom is -0.475 e. The van der Waals surface area contributed by atoms with E-state index in [0.717, 1.165) is 16.6 Å². The number of nitrogens with one attached hydrogen (secondary N) is 1. The van der Waals surface area contributed by atoms with E-state index in [1.807, 2.05) is 0 Å². The van der Waals surface area contributed by atoms with Crippen LogP contribution in [0.25, 0.3) is 10.9 Å². The fourth-order valence-corrected chi connectivity index (χ4v) is 5.84. The number of hydrogen-bond donors (Lipinski definition) is 2. The predicted octanol–water partition coefficient (Wildman–Crippen LogP) is 3.08. The fraction of sp³-hybridized carbons (Fsp3) is 0.542. The maximum Gasteiger partial charge on any atom is 0.490 e. The molecule has 1 amide bonds. The molecule has 10 nitrogen and oxygen atoms in total. The number of benzene rings is 1. The van der Waals surface area contributed by atoms with E-state index in [4.69, 9.17) is 9.90 Å². The molecule has 17 heteroatoms. The van der Waals surface area contributed by atoms with E-state index in [2.05, 4.69) is 10.1 Å². The van der Waals surface area contributed by atoms with Crippen LogP contribution in [0.3, 0.4) is 0 Å². The number of halogens is 6. The van der Waals surface area contributed by atoms with Crippen molar-refractivity contribution in [1.82, 2.24) is 14.2 Å². The molecule has 1 fully saturated rings. The van der Waals surface area contributed by atoms with Crippen LogP contribution < -0.4 is 5.32 Å². The number of esters is 1. The molecule has 2 aliphatic heterocycles. The number of carboxylic acids is 1. The maximum absolute atomic E-state index is 13.1. The van der Waals surface area contributed by atoms with Gasteiger partial charge in [0, 0.05) is 49.2 Å². The van der Waals surface area contributed by atoms with Crippen molar-refractivity contribution in [3.63, 3.8) is 0 Å². The Kier molecular flexibility index (Phi) is 9.62. The smallest absolute Gasteiger partial charge is 0.475 e. The molecule has 0 bridgehead atoms. The molecule has 41 heavy (non-hydrogen) atoms. The Morgan fingerprint density at radius 1 is 1.07 bits per heavy atom. The van der Waals surface area contributed by atoms with Gasteiger partial charge in [0.05, 0.1) is 17.9 Å². The van der Waals surface area contributed by atoms with Crippen molar-refractivity contribution in [2.45, 2.75) is 45.1 Å². The van der Waals surface area contributed by atoms with Crippen molar-refractivity contribution >= 4 is 38.8 Å². The van der Waals surface area contributed by atoms with E-state index < -0.39 is 34.3 Å². The molecule has 0 atom stereocenters. The lowest BCUT2D eigenvalue weighted by Crippen LogP contribution is -2.40. The molecule has 1 aromatic heterocycles. The minimum atomic E-state index is -5.08. The standard InChI is InChI=1S/C22H26F3N3O5S.C2HF3O2/c1-2-34(31,32)28-18-4-3-15(11-16(18)17-12-26-8-5-19(17)28)20(29)27-9-6-14(7-10-27)13-33-21(30)22(23,24)25;3-2(4,5)1(6)7/h3-4,11,14,26H,2,5-10,12-13H2,1H3;(H,6,7). The average molecular weight is 616 g/mol. The van der Waals surface area contributed by atoms with Gasteiger partial charge in [-0.15, -0.1) is 0 Å². The van der Waals surface area contributed by atoms with Gasteiger partial charge >= 0.3 is 24.3 Å². The molecule has 2 N–H and O–H groups in total. The van der Waals surface area contributed by atoms with Gasteiger partial charge in [0.2, 0.25) is 10.0 Å². The number of carboxylic acid groups (broad SMARTS) is 1. The Bertz CT molecular complexity index is 1410. The van der Waals surface area contributed by atoms with E-state index in [-0.39, 0.29) is 24.2 Å². The normalized spacial score (nSPS) is 16.5. The lowest BCUT2D eigenvalue weighted by atomic mass is 9.97. The third-order valence-corrected chi connectivity index (χ3v) is 8.39. The minimum absolute atomic E-state index is 0.0371. The number of nitrogens with zero attached hydrogens (tertiary/aromatic N) is 2. The topological polar surface area (TPSA) is 135 Å². The van der Waals surface area contributed by atoms with Crippen molar-refractivity contribution < 1.29 is 59.0 Å². The molecule has 0 saturated carbocycles. The van der Waals surface area contributed by atoms with Gasteiger partial charge in [0.1, 0.15) is 0 Å². The van der Waals surface area contributed by atoms with Crippen LogP contribution in [-0.2, 0) is 37.3 Å². The quantitative estimate of drug-likeness (QED) is 0.387. The number of carbonyl (C=O) groups excluding carboxylic acids is 2. The number of aliphatic carboxylic acids is 1. The van der Waals surface area contributed by atoms with Gasteiger partial charge in [-0.25, -0.2) is 22.0 Å². The highest BCUT2D eigenvalue weighted by Crippen LogP contribution is 2.32. The summed E-state index contributed by atoms with van der Waals surface area (Å²) in [6.45, 7) is 3.11. The van der Waals surface area contributed by atoms with Gasteiger partial charge in [0.15, 0.2) is 0 Å². The Balaban J connectivity index is 0.000000587. The number of rotatable bonds is 5. The van der Waals surface area contributed by atoms with Crippen molar-refractivity contribution in [1.29, 1.82) is 0 Å². The second kappa shape index (κ2) is 12.3. The van der Waals surface area contributed by atoms with E-state index in [1.165, 1.54) is 3.97 Å². The number of piperidine rings is 1. The summed E-state index contributed by atoms with van der Waals surface area (Å²) in [5.41, 5.74) is 2.60. The number of amides is 1. The molecular formula is C24H27F6N3O7S. The lowest BCUT2D eigenvalue weighted by molar-refractivity contribution is -0.201. The molecule has 2 aromatic rings. The monoisotopic (exact) mass is 615 g/mol. The Hall–Kier alpha value is -3.34. The molecule has 0 unspecified atom stereocenters. The van der Waals surface area contributed by atoms with Crippen LogP contribution in [0.15, 0.2) is 18.2 Å². The first-order chi connectivity index (χ1) is 19.0. The molecule has 1 saturated heterocycles. The Morgan fingerprint density at radius 3 is 2.22 bits per heavy atom. The summed E-state index contributed by atoms with van der Waals surface area (Å²) in [7, 11) is -3.52. The molecule has 228 valence electrons. The number of alkyl halides is 6. The summed E-state index contributed by atoms with van der Waals surface area (Å²) in [5.74, 6) is -5.47. The summed E-state index contributed by atoms with van der Waals surface area (Å²) in [6.07, 6.45) is -8.69. The molecule has 2 aliphatic rings. The summed E-state index contributed by atoms with van der Waals surface area (Å²) >= 11 is 0. The van der Waals surface area contributed by atoms with E-state index in [1.54, 1.807) is 30.0 Å². The van der Waals surface area contributed by atoms with Crippen LogP contribution in [0.1, 0.15) is 41.4 Å². The molecular weight excluding hydrogens is 588 g/mol. The molecule has 0 radical (unpaired) electrons. The highest BCUT2D eigenvalue weighted by molar-refractivity contribution is 7.90.